The van der Waals surface area contributed by atoms with Gasteiger partial charge in [-0.05, 0) is 32.1 Å². The van der Waals surface area contributed by atoms with E-state index in [1.165, 1.54) is 0 Å². The van der Waals surface area contributed by atoms with Gasteiger partial charge in [-0.1, -0.05) is 13.8 Å². The number of piperidine rings is 1. The molecule has 0 radical (unpaired) electrons. The van der Waals surface area contributed by atoms with E-state index in [9.17, 15) is 8.42 Å². The van der Waals surface area contributed by atoms with Gasteiger partial charge in [0.05, 0.1) is 11.9 Å². The fourth-order valence-electron chi connectivity index (χ4n) is 2.49. The Morgan fingerprint density at radius 2 is 1.94 bits per heavy atom. The number of hydrogen-bond acceptors (Lipinski definition) is 3. The highest BCUT2D eigenvalue weighted by atomic mass is 32.2. The molecule has 1 saturated heterocycles. The maximum atomic E-state index is 12.3. The minimum Gasteiger partial charge on any atom is -0.381 e. The average Bonchev–Trinajstić information content (AvgIpc) is 2.22. The molecule has 1 aliphatic heterocycles. The smallest absolute Gasteiger partial charge is 0.216 e. The molecule has 4 nitrogen and oxygen atoms in total. The number of ether oxygens (including phenoxy) is 1. The van der Waals surface area contributed by atoms with Crippen molar-refractivity contribution in [1.82, 2.24) is 4.31 Å². The van der Waals surface area contributed by atoms with Crippen LogP contribution in [0.1, 0.15) is 34.1 Å². The van der Waals surface area contributed by atoms with Crippen LogP contribution in [0.2, 0.25) is 0 Å². The van der Waals surface area contributed by atoms with Gasteiger partial charge in [-0.2, -0.15) is 4.31 Å². The van der Waals surface area contributed by atoms with E-state index in [1.54, 1.807) is 18.3 Å². The maximum Gasteiger partial charge on any atom is 0.216 e. The molecule has 0 aromatic heterocycles. The summed E-state index contributed by atoms with van der Waals surface area (Å²) in [5.74, 6) is 0.938. The molecular formula is C12H25NO3S. The van der Waals surface area contributed by atoms with Crippen LogP contribution >= 0.6 is 0 Å². The molecule has 1 rings (SSSR count). The van der Waals surface area contributed by atoms with Gasteiger partial charge < -0.3 is 4.74 Å². The fraction of sp³-hybridized carbons (Fsp3) is 1.00. The number of rotatable bonds is 4. The van der Waals surface area contributed by atoms with Crippen LogP contribution in [0.3, 0.4) is 0 Å². The molecule has 0 bridgehead atoms. The summed E-state index contributed by atoms with van der Waals surface area (Å²) >= 11 is 0. The van der Waals surface area contributed by atoms with Crippen LogP contribution in [-0.4, -0.2) is 44.3 Å². The van der Waals surface area contributed by atoms with Crippen LogP contribution < -0.4 is 0 Å². The molecule has 0 saturated carbocycles. The first kappa shape index (κ1) is 14.9. The third-order valence-corrected chi connectivity index (χ3v) is 5.84. The van der Waals surface area contributed by atoms with Crippen LogP contribution in [-0.2, 0) is 14.8 Å². The lowest BCUT2D eigenvalue weighted by Gasteiger charge is -2.40. The molecule has 0 amide bonds. The predicted octanol–water partition coefficient (Wildman–Crippen LogP) is 1.72. The molecule has 4 atom stereocenters. The van der Waals surface area contributed by atoms with Gasteiger partial charge in [-0.25, -0.2) is 8.42 Å². The van der Waals surface area contributed by atoms with E-state index in [0.29, 0.717) is 18.4 Å². The highest BCUT2D eigenvalue weighted by molar-refractivity contribution is 7.89. The quantitative estimate of drug-likeness (QED) is 0.776. The topological polar surface area (TPSA) is 46.6 Å². The van der Waals surface area contributed by atoms with Gasteiger partial charge in [0, 0.05) is 19.7 Å². The molecule has 0 unspecified atom stereocenters. The Bertz CT molecular complexity index is 342. The standard InChI is InChI=1S/C12H25NO3S/c1-9-6-10(2)12(4)13(7-9)17(14,15)8-11(3)16-5/h9-12H,6-8H2,1-5H3/t9-,10+,11-,12+/m1/s1. The highest BCUT2D eigenvalue weighted by Gasteiger charge is 2.36. The minimum absolute atomic E-state index is 0.0767. The lowest BCUT2D eigenvalue weighted by molar-refractivity contribution is 0.128. The average molecular weight is 263 g/mol. The molecule has 0 spiro atoms. The number of sulfonamides is 1. The summed E-state index contributed by atoms with van der Waals surface area (Å²) in [6, 6.07) is 0.0975. The zero-order chi connectivity index (χ0) is 13.2. The van der Waals surface area contributed by atoms with E-state index in [-0.39, 0.29) is 17.9 Å². The van der Waals surface area contributed by atoms with E-state index < -0.39 is 10.0 Å². The first-order chi connectivity index (χ1) is 7.77. The van der Waals surface area contributed by atoms with Gasteiger partial charge in [0.1, 0.15) is 0 Å². The third kappa shape index (κ3) is 3.66. The molecular weight excluding hydrogens is 238 g/mol. The fourth-order valence-corrected chi connectivity index (χ4v) is 4.61. The van der Waals surface area contributed by atoms with Crippen molar-refractivity contribution in [1.29, 1.82) is 0 Å². The van der Waals surface area contributed by atoms with Crippen molar-refractivity contribution in [3.8, 4) is 0 Å². The number of nitrogens with zero attached hydrogens (tertiary/aromatic N) is 1. The van der Waals surface area contributed by atoms with Crippen molar-refractivity contribution >= 4 is 10.0 Å². The maximum absolute atomic E-state index is 12.3. The Morgan fingerprint density at radius 3 is 2.47 bits per heavy atom. The summed E-state index contributed by atoms with van der Waals surface area (Å²) in [5, 5.41) is 0. The Kier molecular flexibility index (Phi) is 4.98. The second kappa shape index (κ2) is 5.67. The van der Waals surface area contributed by atoms with Gasteiger partial charge in [-0.3, -0.25) is 0 Å². The van der Waals surface area contributed by atoms with Crippen molar-refractivity contribution < 1.29 is 13.2 Å². The summed E-state index contributed by atoms with van der Waals surface area (Å²) < 4.78 is 31.3. The third-order valence-electron chi connectivity index (χ3n) is 3.75. The Morgan fingerprint density at radius 1 is 1.35 bits per heavy atom. The molecule has 0 aromatic carbocycles. The van der Waals surface area contributed by atoms with Crippen LogP contribution in [0.15, 0.2) is 0 Å². The van der Waals surface area contributed by atoms with E-state index in [4.69, 9.17) is 4.74 Å². The Hall–Kier alpha value is -0.130. The van der Waals surface area contributed by atoms with Gasteiger partial charge in [-0.15, -0.1) is 0 Å². The van der Waals surface area contributed by atoms with E-state index in [1.807, 2.05) is 6.92 Å². The molecule has 1 aliphatic rings. The van der Waals surface area contributed by atoms with Crippen molar-refractivity contribution in [3.63, 3.8) is 0 Å². The van der Waals surface area contributed by atoms with Crippen molar-refractivity contribution in [2.75, 3.05) is 19.4 Å². The van der Waals surface area contributed by atoms with Gasteiger partial charge in [0.15, 0.2) is 0 Å². The van der Waals surface area contributed by atoms with Crippen molar-refractivity contribution in [2.24, 2.45) is 11.8 Å². The van der Waals surface area contributed by atoms with Crippen LogP contribution in [0.4, 0.5) is 0 Å². The first-order valence-electron chi connectivity index (χ1n) is 6.30. The number of hydrogen-bond donors (Lipinski definition) is 0. The van der Waals surface area contributed by atoms with Gasteiger partial charge in [0.2, 0.25) is 10.0 Å². The molecule has 1 fully saturated rings. The largest absolute Gasteiger partial charge is 0.381 e. The second-order valence-electron chi connectivity index (χ2n) is 5.45. The molecule has 0 N–H and O–H groups in total. The van der Waals surface area contributed by atoms with Gasteiger partial charge >= 0.3 is 0 Å². The summed E-state index contributed by atoms with van der Waals surface area (Å²) in [4.78, 5) is 0. The number of methoxy groups -OCH3 is 1. The Balaban J connectivity index is 2.82. The van der Waals surface area contributed by atoms with Gasteiger partial charge in [0.25, 0.3) is 0 Å². The summed E-state index contributed by atoms with van der Waals surface area (Å²) in [7, 11) is -1.65. The van der Waals surface area contributed by atoms with E-state index in [0.717, 1.165) is 6.42 Å². The molecule has 5 heteroatoms. The molecule has 102 valence electrons. The van der Waals surface area contributed by atoms with Crippen molar-refractivity contribution in [2.45, 2.75) is 46.3 Å². The lowest BCUT2D eigenvalue weighted by atomic mass is 9.88. The summed E-state index contributed by atoms with van der Waals surface area (Å²) in [5.41, 5.74) is 0. The predicted molar refractivity (Wildman–Crippen MR) is 69.4 cm³/mol. The molecule has 0 aromatic rings. The normalized spacial score (nSPS) is 33.6. The van der Waals surface area contributed by atoms with E-state index in [2.05, 4.69) is 13.8 Å². The zero-order valence-electron chi connectivity index (χ0n) is 11.5. The molecule has 17 heavy (non-hydrogen) atoms. The molecule has 0 aliphatic carbocycles. The second-order valence-corrected chi connectivity index (χ2v) is 7.42. The van der Waals surface area contributed by atoms with Crippen molar-refractivity contribution in [3.05, 3.63) is 0 Å². The van der Waals surface area contributed by atoms with Crippen LogP contribution in [0, 0.1) is 11.8 Å². The highest BCUT2D eigenvalue weighted by Crippen LogP contribution is 2.29. The van der Waals surface area contributed by atoms with Crippen LogP contribution in [0.25, 0.3) is 0 Å². The first-order valence-corrected chi connectivity index (χ1v) is 7.91. The molecule has 1 heterocycles. The summed E-state index contributed by atoms with van der Waals surface area (Å²) in [6.45, 7) is 8.68. The minimum atomic E-state index is -3.20. The summed E-state index contributed by atoms with van der Waals surface area (Å²) in [6.07, 6.45) is 0.854. The van der Waals surface area contributed by atoms with Crippen LogP contribution in [0.5, 0.6) is 0 Å². The SMILES string of the molecule is CO[C@H](C)CS(=O)(=O)N1C[C@H](C)C[C@H](C)[C@@H]1C. The Labute approximate surface area is 105 Å². The monoisotopic (exact) mass is 263 g/mol. The zero-order valence-corrected chi connectivity index (χ0v) is 12.3. The lowest BCUT2D eigenvalue weighted by Crippen LogP contribution is -2.50. The van der Waals surface area contributed by atoms with E-state index >= 15 is 0 Å².